The van der Waals surface area contributed by atoms with E-state index in [4.69, 9.17) is 10.2 Å². The third-order valence-corrected chi connectivity index (χ3v) is 0.616. The minimum atomic E-state index is -0.657. The molecule has 0 amide bonds. The lowest BCUT2D eigenvalue weighted by Gasteiger charge is -1.89. The van der Waals surface area contributed by atoms with E-state index in [2.05, 4.69) is 21.3 Å². The highest BCUT2D eigenvalue weighted by Crippen LogP contribution is 1.72. The Balaban J connectivity index is 0. The first kappa shape index (κ1) is 13.3. The minimum absolute atomic E-state index is 0.166. The Hall–Kier alpha value is -1.25. The summed E-state index contributed by atoms with van der Waals surface area (Å²) in [6, 6.07) is 0. The molecule has 70 valence electrons. The van der Waals surface area contributed by atoms with Gasteiger partial charge in [0.15, 0.2) is 0 Å². The second kappa shape index (κ2) is 12.4. The van der Waals surface area contributed by atoms with Crippen LogP contribution >= 0.6 is 0 Å². The van der Waals surface area contributed by atoms with E-state index < -0.39 is 6.16 Å². The quantitative estimate of drug-likeness (QED) is 0.380. The Morgan fingerprint density at radius 2 is 1.50 bits per heavy atom. The first-order valence-corrected chi connectivity index (χ1v) is 3.02. The maximum Gasteiger partial charge on any atom is 0.507 e. The minimum Gasteiger partial charge on any atom is -0.438 e. The Kier molecular flexibility index (Phi) is 13.8. The van der Waals surface area contributed by atoms with Crippen LogP contribution in [0.2, 0.25) is 0 Å². The average Bonchev–Trinajstić information content (AvgIpc) is 2.14. The molecule has 0 unspecified atom stereocenters. The van der Waals surface area contributed by atoms with Crippen molar-refractivity contribution in [3.63, 3.8) is 0 Å². The zero-order chi connectivity index (χ0) is 9.82. The van der Waals surface area contributed by atoms with Crippen molar-refractivity contribution in [2.24, 2.45) is 0 Å². The van der Waals surface area contributed by atoms with Crippen molar-refractivity contribution in [2.75, 3.05) is 27.4 Å². The standard InChI is InChI=1S/C4H6O2.C3H6O3/c5-3-1-2-4-6;1-5-3(4)6-2/h5-6H,3-4H2;1-2H3. The molecule has 0 radical (unpaired) electrons. The molecule has 0 fully saturated rings. The molecule has 2 N–H and O–H groups in total. The molecule has 0 spiro atoms. The van der Waals surface area contributed by atoms with Gasteiger partial charge in [0.25, 0.3) is 0 Å². The van der Waals surface area contributed by atoms with Crippen LogP contribution in [0.1, 0.15) is 0 Å². The number of hydrogen-bond donors (Lipinski definition) is 2. The van der Waals surface area contributed by atoms with Crippen LogP contribution in [0.25, 0.3) is 0 Å². The molecule has 0 atom stereocenters. The lowest BCUT2D eigenvalue weighted by molar-refractivity contribution is 0.0924. The van der Waals surface area contributed by atoms with E-state index in [0.29, 0.717) is 0 Å². The number of aliphatic hydroxyl groups excluding tert-OH is 2. The van der Waals surface area contributed by atoms with Crippen LogP contribution in [0.3, 0.4) is 0 Å². The lowest BCUT2D eigenvalue weighted by atomic mass is 10.6. The van der Waals surface area contributed by atoms with Gasteiger partial charge in [-0.15, -0.1) is 0 Å². The topological polar surface area (TPSA) is 76.0 Å². The van der Waals surface area contributed by atoms with Crippen molar-refractivity contribution in [1.29, 1.82) is 0 Å². The van der Waals surface area contributed by atoms with Gasteiger partial charge in [-0.05, 0) is 0 Å². The summed E-state index contributed by atoms with van der Waals surface area (Å²) in [5.74, 6) is 4.51. The molecule has 12 heavy (non-hydrogen) atoms. The zero-order valence-electron chi connectivity index (χ0n) is 7.03. The van der Waals surface area contributed by atoms with Crippen LogP contribution < -0.4 is 0 Å². The van der Waals surface area contributed by atoms with Gasteiger partial charge < -0.3 is 19.7 Å². The van der Waals surface area contributed by atoms with Crippen LogP contribution in [-0.4, -0.2) is 43.8 Å². The molecule has 0 aromatic heterocycles. The summed E-state index contributed by atoms with van der Waals surface area (Å²) in [5.41, 5.74) is 0. The molecule has 0 aromatic carbocycles. The average molecular weight is 176 g/mol. The van der Waals surface area contributed by atoms with E-state index in [1.165, 1.54) is 14.2 Å². The molecule has 5 heteroatoms. The Bertz CT molecular complexity index is 141. The maximum atomic E-state index is 9.74. The van der Waals surface area contributed by atoms with Crippen molar-refractivity contribution in [2.45, 2.75) is 0 Å². The summed E-state index contributed by atoms with van der Waals surface area (Å²) in [5, 5.41) is 15.8. The zero-order valence-corrected chi connectivity index (χ0v) is 7.03. The highest BCUT2D eigenvalue weighted by molar-refractivity contribution is 5.59. The molecular weight excluding hydrogens is 164 g/mol. The van der Waals surface area contributed by atoms with E-state index in [0.717, 1.165) is 0 Å². The van der Waals surface area contributed by atoms with Gasteiger partial charge in [-0.2, -0.15) is 0 Å². The van der Waals surface area contributed by atoms with Crippen molar-refractivity contribution in [3.8, 4) is 11.8 Å². The van der Waals surface area contributed by atoms with E-state index >= 15 is 0 Å². The highest BCUT2D eigenvalue weighted by atomic mass is 16.7. The number of aliphatic hydroxyl groups is 2. The molecule has 0 saturated heterocycles. The summed E-state index contributed by atoms with van der Waals surface area (Å²) >= 11 is 0. The van der Waals surface area contributed by atoms with Crippen LogP contribution in [0.4, 0.5) is 4.79 Å². The fourth-order valence-electron chi connectivity index (χ4n) is 0.195. The predicted octanol–water partition coefficient (Wildman–Crippen LogP) is -0.626. The Morgan fingerprint density at radius 3 is 1.58 bits per heavy atom. The number of carbonyl (C=O) groups excluding carboxylic acids is 1. The van der Waals surface area contributed by atoms with Gasteiger partial charge in [0.2, 0.25) is 0 Å². The summed E-state index contributed by atoms with van der Waals surface area (Å²) in [6.07, 6.45) is -0.657. The third kappa shape index (κ3) is 15.9. The number of carbonyl (C=O) groups is 1. The van der Waals surface area contributed by atoms with Gasteiger partial charge in [0, 0.05) is 0 Å². The van der Waals surface area contributed by atoms with E-state index in [9.17, 15) is 4.79 Å². The van der Waals surface area contributed by atoms with E-state index in [1.54, 1.807) is 0 Å². The largest absolute Gasteiger partial charge is 0.507 e. The summed E-state index contributed by atoms with van der Waals surface area (Å²) < 4.78 is 8.08. The smallest absolute Gasteiger partial charge is 0.438 e. The first-order valence-electron chi connectivity index (χ1n) is 3.02. The van der Waals surface area contributed by atoms with Gasteiger partial charge in [-0.1, -0.05) is 11.8 Å². The van der Waals surface area contributed by atoms with Gasteiger partial charge >= 0.3 is 6.16 Å². The molecule has 0 rings (SSSR count). The molecule has 0 aliphatic heterocycles. The number of methoxy groups -OCH3 is 2. The summed E-state index contributed by atoms with van der Waals surface area (Å²) in [6.45, 7) is -0.332. The van der Waals surface area contributed by atoms with E-state index in [1.807, 2.05) is 0 Å². The SMILES string of the molecule is COC(=O)OC.OCC#CCO. The normalized spacial score (nSPS) is 6.67. The van der Waals surface area contributed by atoms with Crippen LogP contribution in [0, 0.1) is 11.8 Å². The second-order valence-corrected chi connectivity index (χ2v) is 1.33. The van der Waals surface area contributed by atoms with Crippen LogP contribution in [-0.2, 0) is 9.47 Å². The van der Waals surface area contributed by atoms with Gasteiger partial charge in [-0.3, -0.25) is 0 Å². The highest BCUT2D eigenvalue weighted by Gasteiger charge is 1.88. The fourth-order valence-corrected chi connectivity index (χ4v) is 0.195. The molecule has 0 heterocycles. The van der Waals surface area contributed by atoms with Gasteiger partial charge in [-0.25, -0.2) is 4.79 Å². The first-order chi connectivity index (χ1) is 5.72. The maximum absolute atomic E-state index is 9.74. The molecule has 0 bridgehead atoms. The van der Waals surface area contributed by atoms with Crippen LogP contribution in [0.5, 0.6) is 0 Å². The van der Waals surface area contributed by atoms with Crippen molar-refractivity contribution in [1.82, 2.24) is 0 Å². The van der Waals surface area contributed by atoms with Crippen molar-refractivity contribution >= 4 is 6.16 Å². The lowest BCUT2D eigenvalue weighted by Crippen LogP contribution is -1.97. The number of hydrogen-bond acceptors (Lipinski definition) is 5. The van der Waals surface area contributed by atoms with E-state index in [-0.39, 0.29) is 13.2 Å². The van der Waals surface area contributed by atoms with Crippen molar-refractivity contribution in [3.05, 3.63) is 0 Å². The Morgan fingerprint density at radius 1 is 1.17 bits per heavy atom. The van der Waals surface area contributed by atoms with Gasteiger partial charge in [0.1, 0.15) is 13.2 Å². The van der Waals surface area contributed by atoms with Crippen LogP contribution in [0.15, 0.2) is 0 Å². The van der Waals surface area contributed by atoms with Crippen molar-refractivity contribution < 1.29 is 24.5 Å². The number of rotatable bonds is 0. The predicted molar refractivity (Wildman–Crippen MR) is 41.4 cm³/mol. The molecule has 5 nitrogen and oxygen atoms in total. The molecule has 0 aromatic rings. The molecule has 0 aliphatic rings. The molecular formula is C7H12O5. The molecule has 0 saturated carbocycles. The number of ether oxygens (including phenoxy) is 2. The monoisotopic (exact) mass is 176 g/mol. The molecule has 0 aliphatic carbocycles. The van der Waals surface area contributed by atoms with Gasteiger partial charge in [0.05, 0.1) is 14.2 Å². The summed E-state index contributed by atoms with van der Waals surface area (Å²) in [7, 11) is 2.51. The fraction of sp³-hybridized carbons (Fsp3) is 0.571. The Labute approximate surface area is 70.9 Å². The summed E-state index contributed by atoms with van der Waals surface area (Å²) in [4.78, 5) is 9.74. The second-order valence-electron chi connectivity index (χ2n) is 1.33. The third-order valence-electron chi connectivity index (χ3n) is 0.616.